The van der Waals surface area contributed by atoms with Crippen molar-refractivity contribution in [1.82, 2.24) is 5.32 Å². The molecule has 7 heteroatoms. The minimum atomic E-state index is -0.452. The Balaban J connectivity index is 1.54. The Bertz CT molecular complexity index is 823. The van der Waals surface area contributed by atoms with E-state index in [1.54, 1.807) is 36.4 Å². The number of ketones is 1. The minimum absolute atomic E-state index is 0.0130. The molecule has 1 fully saturated rings. The van der Waals surface area contributed by atoms with Gasteiger partial charge in [0.25, 0.3) is 0 Å². The third-order valence-corrected chi connectivity index (χ3v) is 4.10. The fourth-order valence-corrected chi connectivity index (χ4v) is 2.75. The summed E-state index contributed by atoms with van der Waals surface area (Å²) in [6.45, 7) is 0.928. The summed E-state index contributed by atoms with van der Waals surface area (Å²) in [5, 5.41) is 10.5. The van der Waals surface area contributed by atoms with Gasteiger partial charge in [-0.05, 0) is 12.1 Å². The van der Waals surface area contributed by atoms with Crippen LogP contribution in [0.5, 0.6) is 0 Å². The Morgan fingerprint density at radius 1 is 1.19 bits per heavy atom. The molecule has 1 aliphatic heterocycles. The molecule has 1 heterocycles. The Morgan fingerprint density at radius 3 is 2.65 bits per heavy atom. The number of amides is 1. The van der Waals surface area contributed by atoms with Gasteiger partial charge in [0.15, 0.2) is 5.78 Å². The maximum absolute atomic E-state index is 12.1. The van der Waals surface area contributed by atoms with E-state index >= 15 is 0 Å². The van der Waals surface area contributed by atoms with Crippen LogP contribution in [0.4, 0.5) is 10.5 Å². The van der Waals surface area contributed by atoms with E-state index in [2.05, 4.69) is 5.32 Å². The van der Waals surface area contributed by atoms with Gasteiger partial charge in [-0.2, -0.15) is 0 Å². The van der Waals surface area contributed by atoms with Gasteiger partial charge in [0.05, 0.1) is 13.1 Å². The van der Waals surface area contributed by atoms with Crippen molar-refractivity contribution in [2.45, 2.75) is 6.10 Å². The number of carbonyl (C=O) groups excluding carboxylic acids is 2. The van der Waals surface area contributed by atoms with Crippen LogP contribution in [0.1, 0.15) is 15.9 Å². The van der Waals surface area contributed by atoms with Crippen molar-refractivity contribution in [1.29, 1.82) is 5.41 Å². The monoisotopic (exact) mass is 352 g/mol. The van der Waals surface area contributed by atoms with Crippen LogP contribution in [0.15, 0.2) is 54.6 Å². The van der Waals surface area contributed by atoms with E-state index < -0.39 is 6.09 Å². The molecule has 1 atom stereocenters. The number of nitrogens with zero attached hydrogens (tertiary/aromatic N) is 1. The summed E-state index contributed by atoms with van der Waals surface area (Å²) in [6.07, 6.45) is -0.807. The number of carbonyl (C=O) groups is 2. The lowest BCUT2D eigenvalue weighted by atomic mass is 10.1. The molecule has 26 heavy (non-hydrogen) atoms. The lowest BCUT2D eigenvalue weighted by Crippen LogP contribution is -2.33. The summed E-state index contributed by atoms with van der Waals surface area (Å²) >= 11 is 0. The van der Waals surface area contributed by atoms with E-state index in [4.69, 9.17) is 15.9 Å². The van der Waals surface area contributed by atoms with Crippen LogP contribution in [-0.4, -0.2) is 43.5 Å². The van der Waals surface area contributed by atoms with Crippen LogP contribution in [0.3, 0.4) is 0 Å². The number of Topliss-reactive ketones (excluding diaryl/α,β-unsaturated/α-hetero) is 1. The standard InChI is InChI=1S/C19H20N4O3/c20-18(21)14-7-4-8-15(9-14)23-12-16(26-19(23)25)10-22-11-17(24)13-5-2-1-3-6-13/h1-9,16,22H,10-12H2,(H3,20,21). The highest BCUT2D eigenvalue weighted by Crippen LogP contribution is 2.22. The van der Waals surface area contributed by atoms with Crippen molar-refractivity contribution in [2.24, 2.45) is 5.73 Å². The van der Waals surface area contributed by atoms with Gasteiger partial charge in [0, 0.05) is 23.4 Å². The zero-order valence-electron chi connectivity index (χ0n) is 14.1. The van der Waals surface area contributed by atoms with E-state index in [1.807, 2.05) is 18.2 Å². The number of nitrogens with one attached hydrogen (secondary N) is 2. The SMILES string of the molecule is N=C(N)c1cccc(N2CC(CNCC(=O)c3ccccc3)OC2=O)c1. The predicted molar refractivity (Wildman–Crippen MR) is 98.7 cm³/mol. The van der Waals surface area contributed by atoms with Crippen molar-refractivity contribution in [3.63, 3.8) is 0 Å². The fraction of sp³-hybridized carbons (Fsp3) is 0.211. The topological polar surface area (TPSA) is 109 Å². The average Bonchev–Trinajstić information content (AvgIpc) is 3.03. The number of rotatable bonds is 7. The summed E-state index contributed by atoms with van der Waals surface area (Å²) in [6, 6.07) is 15.9. The number of nitrogen functional groups attached to an aromatic ring is 1. The minimum Gasteiger partial charge on any atom is -0.443 e. The number of anilines is 1. The van der Waals surface area contributed by atoms with Crippen molar-refractivity contribution >= 4 is 23.4 Å². The molecule has 2 aromatic rings. The molecular weight excluding hydrogens is 332 g/mol. The van der Waals surface area contributed by atoms with Gasteiger partial charge in [-0.25, -0.2) is 4.79 Å². The summed E-state index contributed by atoms with van der Waals surface area (Å²) in [5.41, 5.74) is 7.31. The molecule has 0 aromatic heterocycles. The maximum atomic E-state index is 12.1. The summed E-state index contributed by atoms with van der Waals surface area (Å²) in [7, 11) is 0. The van der Waals surface area contributed by atoms with Gasteiger partial charge >= 0.3 is 6.09 Å². The van der Waals surface area contributed by atoms with Gasteiger partial charge in [-0.15, -0.1) is 0 Å². The highest BCUT2D eigenvalue weighted by molar-refractivity contribution is 5.98. The van der Waals surface area contributed by atoms with Crippen LogP contribution in [0, 0.1) is 5.41 Å². The van der Waals surface area contributed by atoms with Crippen molar-refractivity contribution in [3.8, 4) is 0 Å². The van der Waals surface area contributed by atoms with Crippen LogP contribution in [0.25, 0.3) is 0 Å². The Labute approximate surface area is 151 Å². The molecule has 1 aliphatic rings. The number of ether oxygens (including phenoxy) is 1. The van der Waals surface area contributed by atoms with Gasteiger partial charge < -0.3 is 15.8 Å². The van der Waals surface area contributed by atoms with Crippen LogP contribution >= 0.6 is 0 Å². The highest BCUT2D eigenvalue weighted by atomic mass is 16.6. The molecule has 7 nitrogen and oxygen atoms in total. The molecule has 0 radical (unpaired) electrons. The van der Waals surface area contributed by atoms with Crippen molar-refractivity contribution in [2.75, 3.05) is 24.5 Å². The van der Waals surface area contributed by atoms with Gasteiger partial charge in [-0.3, -0.25) is 15.1 Å². The summed E-state index contributed by atoms with van der Waals surface area (Å²) in [5.74, 6) is -0.0713. The van der Waals surface area contributed by atoms with E-state index in [-0.39, 0.29) is 24.3 Å². The summed E-state index contributed by atoms with van der Waals surface area (Å²) < 4.78 is 5.34. The molecule has 2 aromatic carbocycles. The van der Waals surface area contributed by atoms with Gasteiger partial charge in [0.2, 0.25) is 0 Å². The van der Waals surface area contributed by atoms with E-state index in [1.165, 1.54) is 4.90 Å². The second kappa shape index (κ2) is 7.79. The Morgan fingerprint density at radius 2 is 1.92 bits per heavy atom. The second-order valence-electron chi connectivity index (χ2n) is 6.00. The molecule has 0 spiro atoms. The first kappa shape index (κ1) is 17.6. The molecule has 1 unspecified atom stereocenters. The van der Waals surface area contributed by atoms with Crippen molar-refractivity contribution < 1.29 is 14.3 Å². The average molecular weight is 352 g/mol. The van der Waals surface area contributed by atoms with E-state index in [0.717, 1.165) is 0 Å². The smallest absolute Gasteiger partial charge is 0.414 e. The number of cyclic esters (lactones) is 1. The Hall–Kier alpha value is -3.19. The molecular formula is C19H20N4O3. The predicted octanol–water partition coefficient (Wildman–Crippen LogP) is 1.77. The first-order valence-electron chi connectivity index (χ1n) is 8.26. The van der Waals surface area contributed by atoms with Gasteiger partial charge in [0.1, 0.15) is 11.9 Å². The number of hydrogen-bond donors (Lipinski definition) is 3. The molecule has 4 N–H and O–H groups in total. The first-order chi connectivity index (χ1) is 12.5. The maximum Gasteiger partial charge on any atom is 0.414 e. The van der Waals surface area contributed by atoms with Gasteiger partial charge in [-0.1, -0.05) is 42.5 Å². The number of hydrogen-bond acceptors (Lipinski definition) is 5. The van der Waals surface area contributed by atoms with Crippen LogP contribution < -0.4 is 16.0 Å². The summed E-state index contributed by atoms with van der Waals surface area (Å²) in [4.78, 5) is 25.7. The second-order valence-corrected chi connectivity index (χ2v) is 6.00. The first-order valence-corrected chi connectivity index (χ1v) is 8.26. The molecule has 0 saturated carbocycles. The third kappa shape index (κ3) is 4.07. The fourth-order valence-electron chi connectivity index (χ4n) is 2.75. The molecule has 0 bridgehead atoms. The van der Waals surface area contributed by atoms with Crippen molar-refractivity contribution in [3.05, 3.63) is 65.7 Å². The van der Waals surface area contributed by atoms with E-state index in [0.29, 0.717) is 29.9 Å². The quantitative estimate of drug-likeness (QED) is 0.400. The molecule has 0 aliphatic carbocycles. The van der Waals surface area contributed by atoms with E-state index in [9.17, 15) is 9.59 Å². The number of nitrogens with two attached hydrogens (primary N) is 1. The highest BCUT2D eigenvalue weighted by Gasteiger charge is 2.32. The largest absolute Gasteiger partial charge is 0.443 e. The van der Waals surface area contributed by atoms with Crippen LogP contribution in [0.2, 0.25) is 0 Å². The lowest BCUT2D eigenvalue weighted by Gasteiger charge is -2.14. The molecule has 134 valence electrons. The third-order valence-electron chi connectivity index (χ3n) is 4.10. The number of amidine groups is 1. The Kier molecular flexibility index (Phi) is 5.28. The molecule has 1 saturated heterocycles. The van der Waals surface area contributed by atoms with Crippen LogP contribution in [-0.2, 0) is 4.74 Å². The molecule has 1 amide bonds. The number of benzene rings is 2. The zero-order valence-corrected chi connectivity index (χ0v) is 14.1. The zero-order chi connectivity index (χ0) is 18.5. The normalized spacial score (nSPS) is 16.4. The molecule has 3 rings (SSSR count). The lowest BCUT2D eigenvalue weighted by molar-refractivity contribution is 0.0984.